The summed E-state index contributed by atoms with van der Waals surface area (Å²) in [6.07, 6.45) is 1.22. The molecule has 2 rings (SSSR count). The molecule has 106 valence electrons. The van der Waals surface area contributed by atoms with E-state index in [1.54, 1.807) is 0 Å². The molecule has 0 fully saturated rings. The van der Waals surface area contributed by atoms with Crippen molar-refractivity contribution in [3.63, 3.8) is 0 Å². The van der Waals surface area contributed by atoms with Crippen LogP contribution in [0.1, 0.15) is 18.4 Å². The Morgan fingerprint density at radius 1 is 1.30 bits per heavy atom. The van der Waals surface area contributed by atoms with Crippen molar-refractivity contribution in [3.05, 3.63) is 46.2 Å². The summed E-state index contributed by atoms with van der Waals surface area (Å²) in [6.45, 7) is 0.522. The molecule has 0 saturated carbocycles. The fourth-order valence-electron chi connectivity index (χ4n) is 2.02. The molecule has 1 amide bonds. The molecule has 0 aliphatic rings. The highest BCUT2D eigenvalue weighted by Gasteiger charge is 2.06. The first-order valence-corrected chi connectivity index (χ1v) is 6.69. The Morgan fingerprint density at radius 2 is 2.10 bits per heavy atom. The fraction of sp³-hybridized carbons (Fsp3) is 0.333. The summed E-state index contributed by atoms with van der Waals surface area (Å²) in [5.74, 6) is -0.106. The van der Waals surface area contributed by atoms with Gasteiger partial charge in [0.1, 0.15) is 0 Å². The Bertz CT molecular complexity index is 649. The van der Waals surface area contributed by atoms with E-state index in [-0.39, 0.29) is 24.5 Å². The maximum absolute atomic E-state index is 11.9. The molecule has 0 spiro atoms. The number of pyridine rings is 1. The molecule has 20 heavy (non-hydrogen) atoms. The van der Waals surface area contributed by atoms with Gasteiger partial charge in [0.25, 0.3) is 5.56 Å². The van der Waals surface area contributed by atoms with Gasteiger partial charge in [-0.05, 0) is 30.4 Å². The molecule has 2 aromatic rings. The van der Waals surface area contributed by atoms with Crippen LogP contribution in [0.3, 0.4) is 0 Å². The molecule has 0 unspecified atom stereocenters. The maximum atomic E-state index is 11.9. The van der Waals surface area contributed by atoms with Gasteiger partial charge in [-0.15, -0.1) is 0 Å². The average Bonchev–Trinajstić information content (AvgIpc) is 2.45. The number of aliphatic hydroxyl groups excluding tert-OH is 1. The van der Waals surface area contributed by atoms with E-state index in [4.69, 9.17) is 5.11 Å². The smallest absolute Gasteiger partial charge is 0.251 e. The van der Waals surface area contributed by atoms with Crippen molar-refractivity contribution < 1.29 is 9.90 Å². The van der Waals surface area contributed by atoms with Crippen molar-refractivity contribution in [2.45, 2.75) is 19.3 Å². The standard InChI is InChI=1S/C15H18N2O3/c18-9-3-8-16-14(19)7-6-12-10-11-4-1-2-5-13(11)17-15(12)20/h1-2,4-5,10,18H,3,6-9H2,(H,16,19)(H,17,20). The minimum atomic E-state index is -0.146. The Labute approximate surface area is 116 Å². The number of hydrogen-bond donors (Lipinski definition) is 3. The van der Waals surface area contributed by atoms with Crippen LogP contribution in [0.2, 0.25) is 0 Å². The van der Waals surface area contributed by atoms with Gasteiger partial charge in [0, 0.05) is 30.7 Å². The van der Waals surface area contributed by atoms with Crippen LogP contribution >= 0.6 is 0 Å². The summed E-state index contributed by atoms with van der Waals surface area (Å²) >= 11 is 0. The van der Waals surface area contributed by atoms with Gasteiger partial charge in [0.2, 0.25) is 5.91 Å². The van der Waals surface area contributed by atoms with Crippen molar-refractivity contribution in [1.82, 2.24) is 10.3 Å². The molecular formula is C15H18N2O3. The van der Waals surface area contributed by atoms with Crippen LogP contribution in [0.4, 0.5) is 0 Å². The minimum Gasteiger partial charge on any atom is -0.396 e. The number of aromatic amines is 1. The summed E-state index contributed by atoms with van der Waals surface area (Å²) in [4.78, 5) is 26.3. The summed E-state index contributed by atoms with van der Waals surface area (Å²) in [5, 5.41) is 12.3. The Kier molecular flexibility index (Phi) is 4.90. The van der Waals surface area contributed by atoms with Crippen LogP contribution in [0.5, 0.6) is 0 Å². The highest BCUT2D eigenvalue weighted by atomic mass is 16.3. The number of carbonyl (C=O) groups is 1. The highest BCUT2D eigenvalue weighted by molar-refractivity contribution is 5.79. The van der Waals surface area contributed by atoms with Crippen molar-refractivity contribution in [2.75, 3.05) is 13.2 Å². The van der Waals surface area contributed by atoms with Crippen molar-refractivity contribution in [3.8, 4) is 0 Å². The van der Waals surface area contributed by atoms with Crippen LogP contribution in [0.15, 0.2) is 35.1 Å². The number of para-hydroxylation sites is 1. The number of aromatic nitrogens is 1. The molecule has 0 bridgehead atoms. The predicted octanol–water partition coefficient (Wildman–Crippen LogP) is 0.959. The largest absolute Gasteiger partial charge is 0.396 e. The number of rotatable bonds is 6. The predicted molar refractivity (Wildman–Crippen MR) is 77.6 cm³/mol. The molecular weight excluding hydrogens is 256 g/mol. The molecule has 1 aromatic carbocycles. The number of carbonyl (C=O) groups excluding carboxylic acids is 1. The zero-order chi connectivity index (χ0) is 14.4. The van der Waals surface area contributed by atoms with Gasteiger partial charge in [0.05, 0.1) is 0 Å². The summed E-state index contributed by atoms with van der Waals surface area (Å²) in [6, 6.07) is 9.38. The third kappa shape index (κ3) is 3.68. The molecule has 3 N–H and O–H groups in total. The molecule has 0 atom stereocenters. The van der Waals surface area contributed by atoms with Crippen molar-refractivity contribution in [2.24, 2.45) is 0 Å². The van der Waals surface area contributed by atoms with Crippen LogP contribution in [-0.2, 0) is 11.2 Å². The van der Waals surface area contributed by atoms with Crippen LogP contribution in [-0.4, -0.2) is 29.1 Å². The van der Waals surface area contributed by atoms with E-state index in [1.165, 1.54) is 0 Å². The second-order valence-electron chi connectivity index (χ2n) is 4.64. The van der Waals surface area contributed by atoms with Gasteiger partial charge in [-0.2, -0.15) is 0 Å². The van der Waals surface area contributed by atoms with E-state index >= 15 is 0 Å². The summed E-state index contributed by atoms with van der Waals surface area (Å²) in [7, 11) is 0. The van der Waals surface area contributed by atoms with E-state index in [0.717, 1.165) is 10.9 Å². The van der Waals surface area contributed by atoms with Crippen molar-refractivity contribution >= 4 is 16.8 Å². The second kappa shape index (κ2) is 6.86. The number of H-pyrrole nitrogens is 1. The van der Waals surface area contributed by atoms with Crippen LogP contribution < -0.4 is 10.9 Å². The number of amides is 1. The number of benzene rings is 1. The SMILES string of the molecule is O=C(CCc1cc2ccccc2[nH]c1=O)NCCCO. The summed E-state index contributed by atoms with van der Waals surface area (Å²) in [5.41, 5.74) is 1.27. The normalized spacial score (nSPS) is 10.7. The third-order valence-corrected chi connectivity index (χ3v) is 3.11. The number of aryl methyl sites for hydroxylation is 1. The fourth-order valence-corrected chi connectivity index (χ4v) is 2.02. The van der Waals surface area contributed by atoms with Crippen LogP contribution in [0, 0.1) is 0 Å². The zero-order valence-corrected chi connectivity index (χ0v) is 11.2. The topological polar surface area (TPSA) is 82.2 Å². The Balaban J connectivity index is 2.01. The molecule has 0 aliphatic heterocycles. The number of fused-ring (bicyclic) bond motifs is 1. The number of aliphatic hydroxyl groups is 1. The van der Waals surface area contributed by atoms with Gasteiger partial charge in [-0.3, -0.25) is 9.59 Å². The van der Waals surface area contributed by atoms with E-state index in [2.05, 4.69) is 10.3 Å². The molecule has 1 aromatic heterocycles. The Hall–Kier alpha value is -2.14. The number of nitrogens with one attached hydrogen (secondary N) is 2. The maximum Gasteiger partial charge on any atom is 0.251 e. The lowest BCUT2D eigenvalue weighted by Crippen LogP contribution is -2.26. The molecule has 0 radical (unpaired) electrons. The average molecular weight is 274 g/mol. The van der Waals surface area contributed by atoms with Crippen molar-refractivity contribution in [1.29, 1.82) is 0 Å². The zero-order valence-electron chi connectivity index (χ0n) is 11.2. The first-order valence-electron chi connectivity index (χ1n) is 6.69. The van der Waals surface area contributed by atoms with Gasteiger partial charge in [-0.1, -0.05) is 18.2 Å². The summed E-state index contributed by atoms with van der Waals surface area (Å²) < 4.78 is 0. The molecule has 1 heterocycles. The first kappa shape index (κ1) is 14.3. The van der Waals surface area contributed by atoms with Gasteiger partial charge < -0.3 is 15.4 Å². The quantitative estimate of drug-likeness (QED) is 0.686. The first-order chi connectivity index (χ1) is 9.70. The monoisotopic (exact) mass is 274 g/mol. The van der Waals surface area contributed by atoms with E-state index in [0.29, 0.717) is 24.9 Å². The lowest BCUT2D eigenvalue weighted by atomic mass is 10.1. The molecule has 5 heteroatoms. The molecule has 0 saturated heterocycles. The Morgan fingerprint density at radius 3 is 2.90 bits per heavy atom. The van der Waals surface area contributed by atoms with E-state index in [1.807, 2.05) is 30.3 Å². The minimum absolute atomic E-state index is 0.0601. The molecule has 5 nitrogen and oxygen atoms in total. The third-order valence-electron chi connectivity index (χ3n) is 3.11. The van der Waals surface area contributed by atoms with Gasteiger partial charge in [-0.25, -0.2) is 0 Å². The van der Waals surface area contributed by atoms with Gasteiger partial charge >= 0.3 is 0 Å². The number of hydrogen-bond acceptors (Lipinski definition) is 3. The van der Waals surface area contributed by atoms with Crippen LogP contribution in [0.25, 0.3) is 10.9 Å². The van der Waals surface area contributed by atoms with E-state index in [9.17, 15) is 9.59 Å². The highest BCUT2D eigenvalue weighted by Crippen LogP contribution is 2.10. The lowest BCUT2D eigenvalue weighted by molar-refractivity contribution is -0.121. The molecule has 0 aliphatic carbocycles. The van der Waals surface area contributed by atoms with Gasteiger partial charge in [0.15, 0.2) is 0 Å². The lowest BCUT2D eigenvalue weighted by Gasteiger charge is -2.05. The van der Waals surface area contributed by atoms with E-state index < -0.39 is 0 Å². The second-order valence-corrected chi connectivity index (χ2v) is 4.64.